The molecule has 0 saturated heterocycles. The number of nitrogens with zero attached hydrogens (tertiary/aromatic N) is 2. The fraction of sp³-hybridized carbons (Fsp3) is 0.389. The Morgan fingerprint density at radius 3 is 2.59 bits per heavy atom. The van der Waals surface area contributed by atoms with Crippen LogP contribution < -0.4 is 10.1 Å². The van der Waals surface area contributed by atoms with Crippen molar-refractivity contribution in [3.05, 3.63) is 41.3 Å². The molecule has 1 amide bonds. The lowest BCUT2D eigenvalue weighted by Gasteiger charge is -2.14. The van der Waals surface area contributed by atoms with Gasteiger partial charge in [0.05, 0.1) is 11.3 Å². The molecule has 0 unspecified atom stereocenters. The summed E-state index contributed by atoms with van der Waals surface area (Å²) in [6.45, 7) is 4.26. The summed E-state index contributed by atoms with van der Waals surface area (Å²) >= 11 is 1.33. The van der Waals surface area contributed by atoms with Gasteiger partial charge in [0.1, 0.15) is 16.6 Å². The van der Waals surface area contributed by atoms with Gasteiger partial charge in [-0.05, 0) is 25.3 Å². The van der Waals surface area contributed by atoms with Crippen LogP contribution in [-0.4, -0.2) is 34.9 Å². The van der Waals surface area contributed by atoms with Crippen molar-refractivity contribution in [1.82, 2.24) is 9.97 Å². The highest BCUT2D eigenvalue weighted by atomic mass is 32.2. The second-order valence-electron chi connectivity index (χ2n) is 6.09. The van der Waals surface area contributed by atoms with Crippen LogP contribution in [0, 0.1) is 6.92 Å². The monoisotopic (exact) mass is 399 g/mol. The number of nitrogens with one attached hydrogen (secondary N) is 1. The Kier molecular flexibility index (Phi) is 6.69. The number of hydrogen-bond donors (Lipinski definition) is 1. The minimum atomic E-state index is -4.43. The van der Waals surface area contributed by atoms with E-state index in [4.69, 9.17) is 4.74 Å². The van der Waals surface area contributed by atoms with E-state index in [-0.39, 0.29) is 11.7 Å². The molecule has 2 rings (SSSR count). The zero-order chi connectivity index (χ0) is 20.2. The quantitative estimate of drug-likeness (QED) is 0.557. The number of benzene rings is 1. The van der Waals surface area contributed by atoms with Crippen LogP contribution >= 0.6 is 11.8 Å². The number of rotatable bonds is 6. The molecule has 0 aliphatic carbocycles. The highest BCUT2D eigenvalue weighted by molar-refractivity contribution is 7.98. The largest absolute Gasteiger partial charge is 0.484 e. The van der Waals surface area contributed by atoms with E-state index >= 15 is 0 Å². The highest BCUT2D eigenvalue weighted by Crippen LogP contribution is 2.25. The molecule has 0 aliphatic rings. The predicted octanol–water partition coefficient (Wildman–Crippen LogP) is 4.82. The van der Waals surface area contributed by atoms with Crippen molar-refractivity contribution in [2.75, 3.05) is 18.2 Å². The summed E-state index contributed by atoms with van der Waals surface area (Å²) in [7, 11) is 0. The van der Waals surface area contributed by atoms with Gasteiger partial charge in [-0.15, -0.1) is 11.8 Å². The molecule has 2 aromatic rings. The molecule has 1 heterocycles. The van der Waals surface area contributed by atoms with Crippen LogP contribution in [0.1, 0.15) is 41.6 Å². The number of anilines is 1. The second-order valence-corrected chi connectivity index (χ2v) is 6.89. The Labute approximate surface area is 159 Å². The first-order chi connectivity index (χ1) is 12.6. The molecule has 0 bridgehead atoms. The van der Waals surface area contributed by atoms with E-state index in [1.165, 1.54) is 30.0 Å². The first-order valence-corrected chi connectivity index (χ1v) is 9.36. The standard InChI is InChI=1S/C18H20F3N3O2S/c1-10(2)15-22-11(3)14(17(24-15)27-4)16(25)23-12-6-5-7-13(8-12)26-9-18(19,20)21/h5-8,10H,9H2,1-4H3,(H,23,25). The first kappa shape index (κ1) is 21.0. The van der Waals surface area contributed by atoms with Crippen LogP contribution in [0.2, 0.25) is 0 Å². The van der Waals surface area contributed by atoms with E-state index in [1.54, 1.807) is 13.0 Å². The smallest absolute Gasteiger partial charge is 0.422 e. The number of amides is 1. The van der Waals surface area contributed by atoms with Gasteiger partial charge in [0.2, 0.25) is 0 Å². The first-order valence-electron chi connectivity index (χ1n) is 8.14. The molecular weight excluding hydrogens is 379 g/mol. The lowest BCUT2D eigenvalue weighted by atomic mass is 10.1. The summed E-state index contributed by atoms with van der Waals surface area (Å²) in [4.78, 5) is 21.5. The number of thioether (sulfide) groups is 1. The SMILES string of the molecule is CSc1nc(C(C)C)nc(C)c1C(=O)Nc1cccc(OCC(F)(F)F)c1. The minimum Gasteiger partial charge on any atom is -0.484 e. The topological polar surface area (TPSA) is 64.1 Å². The van der Waals surface area contributed by atoms with Crippen LogP contribution in [0.15, 0.2) is 29.3 Å². The molecule has 27 heavy (non-hydrogen) atoms. The van der Waals surface area contributed by atoms with Crippen molar-refractivity contribution in [1.29, 1.82) is 0 Å². The highest BCUT2D eigenvalue weighted by Gasteiger charge is 2.28. The van der Waals surface area contributed by atoms with Gasteiger partial charge in [0, 0.05) is 17.7 Å². The van der Waals surface area contributed by atoms with Gasteiger partial charge in [0.15, 0.2) is 6.61 Å². The summed E-state index contributed by atoms with van der Waals surface area (Å²) < 4.78 is 41.5. The number of carbonyl (C=O) groups is 1. The summed E-state index contributed by atoms with van der Waals surface area (Å²) in [5.41, 5.74) is 1.20. The van der Waals surface area contributed by atoms with Gasteiger partial charge in [-0.25, -0.2) is 9.97 Å². The minimum absolute atomic E-state index is 0.0124. The molecule has 1 aromatic carbocycles. The fourth-order valence-electron chi connectivity index (χ4n) is 2.26. The molecule has 1 N–H and O–H groups in total. The van der Waals surface area contributed by atoms with E-state index in [9.17, 15) is 18.0 Å². The molecule has 5 nitrogen and oxygen atoms in total. The van der Waals surface area contributed by atoms with E-state index in [0.717, 1.165) is 0 Å². The molecule has 0 spiro atoms. The van der Waals surface area contributed by atoms with Gasteiger partial charge in [-0.3, -0.25) is 4.79 Å². The summed E-state index contributed by atoms with van der Waals surface area (Å²) in [5, 5.41) is 3.22. The Bertz CT molecular complexity index is 826. The van der Waals surface area contributed by atoms with Gasteiger partial charge < -0.3 is 10.1 Å². The second kappa shape index (κ2) is 8.60. The fourth-order valence-corrected chi connectivity index (χ4v) is 2.89. The third-order valence-electron chi connectivity index (χ3n) is 3.51. The molecule has 146 valence electrons. The van der Waals surface area contributed by atoms with Crippen molar-refractivity contribution in [2.24, 2.45) is 0 Å². The molecule has 0 fully saturated rings. The van der Waals surface area contributed by atoms with Crippen molar-refractivity contribution in [3.63, 3.8) is 0 Å². The number of hydrogen-bond acceptors (Lipinski definition) is 5. The van der Waals surface area contributed by atoms with Gasteiger partial charge in [-0.2, -0.15) is 13.2 Å². The Morgan fingerprint density at radius 1 is 1.30 bits per heavy atom. The number of aromatic nitrogens is 2. The van der Waals surface area contributed by atoms with Gasteiger partial charge in [0.25, 0.3) is 5.91 Å². The maximum atomic E-state index is 12.7. The summed E-state index contributed by atoms with van der Waals surface area (Å²) in [5.74, 6) is 0.351. The van der Waals surface area contributed by atoms with Crippen molar-refractivity contribution in [2.45, 2.75) is 37.9 Å². The zero-order valence-electron chi connectivity index (χ0n) is 15.3. The van der Waals surface area contributed by atoms with E-state index < -0.39 is 18.7 Å². The van der Waals surface area contributed by atoms with E-state index in [0.29, 0.717) is 27.8 Å². The molecule has 0 saturated carbocycles. The lowest BCUT2D eigenvalue weighted by Crippen LogP contribution is -2.19. The third kappa shape index (κ3) is 5.85. The van der Waals surface area contributed by atoms with Crippen molar-refractivity contribution in [3.8, 4) is 5.75 Å². The van der Waals surface area contributed by atoms with Gasteiger partial charge in [-0.1, -0.05) is 19.9 Å². The number of carbonyl (C=O) groups excluding carboxylic acids is 1. The number of aryl methyl sites for hydroxylation is 1. The van der Waals surface area contributed by atoms with E-state index in [2.05, 4.69) is 15.3 Å². The van der Waals surface area contributed by atoms with Crippen LogP contribution in [-0.2, 0) is 0 Å². The number of ether oxygens (including phenoxy) is 1. The normalized spacial score (nSPS) is 11.6. The van der Waals surface area contributed by atoms with Crippen molar-refractivity contribution < 1.29 is 22.7 Å². The zero-order valence-corrected chi connectivity index (χ0v) is 16.2. The average Bonchev–Trinajstić information content (AvgIpc) is 2.58. The van der Waals surface area contributed by atoms with Crippen LogP contribution in [0.25, 0.3) is 0 Å². The summed E-state index contributed by atoms with van der Waals surface area (Å²) in [6.07, 6.45) is -2.62. The average molecular weight is 399 g/mol. The molecule has 1 aromatic heterocycles. The van der Waals surface area contributed by atoms with Crippen molar-refractivity contribution >= 4 is 23.4 Å². The predicted molar refractivity (Wildman–Crippen MR) is 98.6 cm³/mol. The Balaban J connectivity index is 2.22. The van der Waals surface area contributed by atoms with E-state index in [1.807, 2.05) is 20.1 Å². The molecule has 0 aliphatic heterocycles. The van der Waals surface area contributed by atoms with Gasteiger partial charge >= 0.3 is 6.18 Å². The molecular formula is C18H20F3N3O2S. The Hall–Kier alpha value is -2.29. The van der Waals surface area contributed by atoms with Crippen LogP contribution in [0.5, 0.6) is 5.75 Å². The molecule has 0 radical (unpaired) electrons. The summed E-state index contributed by atoms with van der Waals surface area (Å²) in [6, 6.07) is 5.79. The van der Waals surface area contributed by atoms with Crippen LogP contribution in [0.3, 0.4) is 0 Å². The maximum absolute atomic E-state index is 12.7. The maximum Gasteiger partial charge on any atom is 0.422 e. The Morgan fingerprint density at radius 2 is 2.00 bits per heavy atom. The molecule has 9 heteroatoms. The van der Waals surface area contributed by atoms with Crippen LogP contribution in [0.4, 0.5) is 18.9 Å². The number of halogens is 3. The number of alkyl halides is 3. The third-order valence-corrected chi connectivity index (χ3v) is 4.19. The molecule has 0 atom stereocenters. The lowest BCUT2D eigenvalue weighted by molar-refractivity contribution is -0.153.